The van der Waals surface area contributed by atoms with E-state index in [0.717, 1.165) is 6.54 Å². The van der Waals surface area contributed by atoms with Crippen LogP contribution in [0.25, 0.3) is 0 Å². The van der Waals surface area contributed by atoms with Crippen molar-refractivity contribution in [1.82, 2.24) is 5.32 Å². The van der Waals surface area contributed by atoms with Crippen LogP contribution in [0.2, 0.25) is 0 Å². The molecule has 1 saturated heterocycles. The molecular formula is C9H14FNO2. The Labute approximate surface area is 77.0 Å². The van der Waals surface area contributed by atoms with E-state index < -0.39 is 12.1 Å². The van der Waals surface area contributed by atoms with Gasteiger partial charge >= 0.3 is 5.97 Å². The van der Waals surface area contributed by atoms with Crippen molar-refractivity contribution < 1.29 is 13.9 Å². The van der Waals surface area contributed by atoms with E-state index >= 15 is 0 Å². The van der Waals surface area contributed by atoms with Crippen LogP contribution in [-0.4, -0.2) is 31.8 Å². The predicted molar refractivity (Wildman–Crippen MR) is 47.1 cm³/mol. The zero-order valence-corrected chi connectivity index (χ0v) is 7.68. The van der Waals surface area contributed by atoms with Gasteiger partial charge in [0.1, 0.15) is 6.17 Å². The van der Waals surface area contributed by atoms with E-state index in [1.165, 1.54) is 6.08 Å². The van der Waals surface area contributed by atoms with E-state index in [9.17, 15) is 9.18 Å². The Hall–Kier alpha value is -0.900. The van der Waals surface area contributed by atoms with Gasteiger partial charge in [-0.05, 0) is 25.5 Å². The van der Waals surface area contributed by atoms with Crippen molar-refractivity contribution in [2.75, 3.05) is 19.7 Å². The highest BCUT2D eigenvalue weighted by atomic mass is 19.1. The highest BCUT2D eigenvalue weighted by molar-refractivity contribution is 5.83. The molecule has 0 aromatic heterocycles. The van der Waals surface area contributed by atoms with Gasteiger partial charge in [-0.3, -0.25) is 0 Å². The van der Waals surface area contributed by atoms with Gasteiger partial charge in [0.2, 0.25) is 0 Å². The summed E-state index contributed by atoms with van der Waals surface area (Å²) in [6.07, 6.45) is 0.813. The first-order valence-corrected chi connectivity index (χ1v) is 4.46. The van der Waals surface area contributed by atoms with E-state index in [2.05, 4.69) is 5.32 Å². The summed E-state index contributed by atoms with van der Waals surface area (Å²) < 4.78 is 17.8. The number of carbonyl (C=O) groups excluding carboxylic acids is 1. The van der Waals surface area contributed by atoms with Crippen molar-refractivity contribution in [2.45, 2.75) is 19.5 Å². The highest BCUT2D eigenvalue weighted by Crippen LogP contribution is 2.14. The van der Waals surface area contributed by atoms with Crippen LogP contribution < -0.4 is 5.32 Å². The van der Waals surface area contributed by atoms with E-state index in [-0.39, 0.29) is 0 Å². The fourth-order valence-electron chi connectivity index (χ4n) is 1.25. The number of halogens is 1. The summed E-state index contributed by atoms with van der Waals surface area (Å²) in [7, 11) is 0. The van der Waals surface area contributed by atoms with Gasteiger partial charge in [0.05, 0.1) is 6.61 Å². The molecule has 0 aromatic rings. The molecule has 0 saturated carbocycles. The molecule has 1 atom stereocenters. The number of piperidine rings is 1. The zero-order chi connectivity index (χ0) is 9.68. The highest BCUT2D eigenvalue weighted by Gasteiger charge is 2.18. The molecule has 1 fully saturated rings. The molecule has 0 amide bonds. The lowest BCUT2D eigenvalue weighted by Crippen LogP contribution is -2.33. The molecule has 1 N–H and O–H groups in total. The van der Waals surface area contributed by atoms with Gasteiger partial charge in [0, 0.05) is 12.6 Å². The number of alkyl halides is 1. The lowest BCUT2D eigenvalue weighted by Gasteiger charge is -2.19. The summed E-state index contributed by atoms with van der Waals surface area (Å²) >= 11 is 0. The topological polar surface area (TPSA) is 38.3 Å². The molecule has 1 rings (SSSR count). The van der Waals surface area contributed by atoms with Gasteiger partial charge in [-0.1, -0.05) is 0 Å². The lowest BCUT2D eigenvalue weighted by atomic mass is 10.0. The molecule has 1 aliphatic heterocycles. The summed E-state index contributed by atoms with van der Waals surface area (Å²) in [5.41, 5.74) is 0.539. The van der Waals surface area contributed by atoms with Gasteiger partial charge in [-0.15, -0.1) is 0 Å². The van der Waals surface area contributed by atoms with Crippen LogP contribution in [0.15, 0.2) is 11.6 Å². The molecule has 0 spiro atoms. The minimum absolute atomic E-state index is 0.297. The Bertz CT molecular complexity index is 216. The Morgan fingerprint density at radius 2 is 2.62 bits per heavy atom. The van der Waals surface area contributed by atoms with Crippen LogP contribution in [0.3, 0.4) is 0 Å². The maximum Gasteiger partial charge on any atom is 0.330 e. The first kappa shape index (κ1) is 10.2. The molecule has 0 bridgehead atoms. The number of carbonyl (C=O) groups is 1. The van der Waals surface area contributed by atoms with Crippen LogP contribution >= 0.6 is 0 Å². The third kappa shape index (κ3) is 3.14. The van der Waals surface area contributed by atoms with Crippen molar-refractivity contribution in [1.29, 1.82) is 0 Å². The van der Waals surface area contributed by atoms with Crippen LogP contribution in [-0.2, 0) is 9.53 Å². The first-order valence-electron chi connectivity index (χ1n) is 4.46. The quantitative estimate of drug-likeness (QED) is 0.513. The Kier molecular flexibility index (Phi) is 3.89. The van der Waals surface area contributed by atoms with E-state index in [0.29, 0.717) is 25.1 Å². The molecule has 0 aliphatic carbocycles. The van der Waals surface area contributed by atoms with Crippen LogP contribution in [0.5, 0.6) is 0 Å². The summed E-state index contributed by atoms with van der Waals surface area (Å²) in [4.78, 5) is 11.0. The molecule has 1 unspecified atom stereocenters. The Morgan fingerprint density at radius 1 is 1.85 bits per heavy atom. The standard InChI is InChI=1S/C9H14FNO2/c1-2-13-9(12)5-7-3-4-11-6-8(7)10/h5,8,11H,2-4,6H2,1H3/b7-5+. The van der Waals surface area contributed by atoms with Crippen LogP contribution in [0, 0.1) is 0 Å². The number of nitrogens with one attached hydrogen (secondary N) is 1. The second-order valence-corrected chi connectivity index (χ2v) is 2.89. The average molecular weight is 187 g/mol. The predicted octanol–water partition coefficient (Wildman–Crippen LogP) is 0.807. The summed E-state index contributed by atoms with van der Waals surface area (Å²) in [5.74, 6) is -0.443. The summed E-state index contributed by atoms with van der Waals surface area (Å²) in [6.45, 7) is 3.08. The third-order valence-corrected chi connectivity index (χ3v) is 1.91. The fraction of sp³-hybridized carbons (Fsp3) is 0.667. The van der Waals surface area contributed by atoms with Crippen LogP contribution in [0.4, 0.5) is 4.39 Å². The lowest BCUT2D eigenvalue weighted by molar-refractivity contribution is -0.137. The molecule has 0 radical (unpaired) electrons. The Balaban J connectivity index is 2.52. The number of ether oxygens (including phenoxy) is 1. The average Bonchev–Trinajstić information content (AvgIpc) is 2.09. The zero-order valence-electron chi connectivity index (χ0n) is 7.68. The minimum atomic E-state index is -1.04. The summed E-state index contributed by atoms with van der Waals surface area (Å²) in [5, 5.41) is 2.90. The molecular weight excluding hydrogens is 173 g/mol. The van der Waals surface area contributed by atoms with Gasteiger partial charge in [-0.25, -0.2) is 9.18 Å². The second-order valence-electron chi connectivity index (χ2n) is 2.89. The molecule has 13 heavy (non-hydrogen) atoms. The van der Waals surface area contributed by atoms with Crippen molar-refractivity contribution >= 4 is 5.97 Å². The van der Waals surface area contributed by atoms with E-state index in [4.69, 9.17) is 4.74 Å². The number of hydrogen-bond donors (Lipinski definition) is 1. The number of rotatable bonds is 2. The normalized spacial score (nSPS) is 26.0. The van der Waals surface area contributed by atoms with Crippen LogP contribution in [0.1, 0.15) is 13.3 Å². The number of hydrogen-bond acceptors (Lipinski definition) is 3. The molecule has 0 aromatic carbocycles. The second kappa shape index (κ2) is 4.97. The van der Waals surface area contributed by atoms with Gasteiger partial charge in [0.15, 0.2) is 0 Å². The maximum absolute atomic E-state index is 13.1. The van der Waals surface area contributed by atoms with Gasteiger partial charge in [-0.2, -0.15) is 0 Å². The third-order valence-electron chi connectivity index (χ3n) is 1.91. The molecule has 3 nitrogen and oxygen atoms in total. The Morgan fingerprint density at radius 3 is 3.23 bits per heavy atom. The van der Waals surface area contributed by atoms with E-state index in [1.54, 1.807) is 6.92 Å². The molecule has 4 heteroatoms. The smallest absolute Gasteiger partial charge is 0.330 e. The largest absolute Gasteiger partial charge is 0.463 e. The molecule has 1 aliphatic rings. The number of esters is 1. The fourth-order valence-corrected chi connectivity index (χ4v) is 1.25. The van der Waals surface area contributed by atoms with Gasteiger partial charge in [0.25, 0.3) is 0 Å². The van der Waals surface area contributed by atoms with Crippen molar-refractivity contribution in [3.63, 3.8) is 0 Å². The minimum Gasteiger partial charge on any atom is -0.463 e. The van der Waals surface area contributed by atoms with Crippen molar-refractivity contribution in [3.05, 3.63) is 11.6 Å². The molecule has 1 heterocycles. The first-order chi connectivity index (χ1) is 6.24. The van der Waals surface area contributed by atoms with E-state index in [1.807, 2.05) is 0 Å². The monoisotopic (exact) mass is 187 g/mol. The van der Waals surface area contributed by atoms with Crippen molar-refractivity contribution in [3.8, 4) is 0 Å². The maximum atomic E-state index is 13.1. The summed E-state index contributed by atoms with van der Waals surface area (Å²) in [6, 6.07) is 0. The SMILES string of the molecule is CCOC(=O)/C=C1\CCNCC1F. The van der Waals surface area contributed by atoms with Gasteiger partial charge < -0.3 is 10.1 Å². The molecule has 74 valence electrons. The van der Waals surface area contributed by atoms with Crippen molar-refractivity contribution in [2.24, 2.45) is 0 Å².